The highest BCUT2D eigenvalue weighted by molar-refractivity contribution is 5.35. The van der Waals surface area contributed by atoms with Crippen molar-refractivity contribution in [2.24, 2.45) is 0 Å². The van der Waals surface area contributed by atoms with E-state index in [1.54, 1.807) is 0 Å². The van der Waals surface area contributed by atoms with Crippen molar-refractivity contribution in [1.29, 1.82) is 0 Å². The quantitative estimate of drug-likeness (QED) is 0.767. The molecule has 0 N–H and O–H groups in total. The lowest BCUT2D eigenvalue weighted by atomic mass is 10.1. The van der Waals surface area contributed by atoms with Crippen molar-refractivity contribution < 1.29 is 4.74 Å². The van der Waals surface area contributed by atoms with Gasteiger partial charge in [0, 0.05) is 6.42 Å². The molecule has 1 nitrogen and oxygen atoms in total. The molecule has 0 aliphatic rings. The van der Waals surface area contributed by atoms with Gasteiger partial charge in [-0.15, -0.1) is 0 Å². The van der Waals surface area contributed by atoms with E-state index in [-0.39, 0.29) is 0 Å². The molecule has 0 atom stereocenters. The Kier molecular flexibility index (Phi) is 3.81. The van der Waals surface area contributed by atoms with Crippen molar-refractivity contribution in [3.63, 3.8) is 0 Å². The first-order valence-electron chi connectivity index (χ1n) is 6.00. The molecule has 0 saturated carbocycles. The predicted molar refractivity (Wildman–Crippen MR) is 71.6 cm³/mol. The zero-order chi connectivity index (χ0) is 12.1. The Labute approximate surface area is 103 Å². The minimum absolute atomic E-state index is 0.730. The van der Waals surface area contributed by atoms with E-state index in [1.807, 2.05) is 6.07 Å². The lowest BCUT2D eigenvalue weighted by Gasteiger charge is -2.09. The van der Waals surface area contributed by atoms with Gasteiger partial charge in [0.1, 0.15) is 5.75 Å². The molecule has 17 heavy (non-hydrogen) atoms. The van der Waals surface area contributed by atoms with E-state index in [0.29, 0.717) is 0 Å². The van der Waals surface area contributed by atoms with Gasteiger partial charge in [0.15, 0.2) is 0 Å². The lowest BCUT2D eigenvalue weighted by molar-refractivity contribution is 0.320. The smallest absolute Gasteiger partial charge is 0.122 e. The van der Waals surface area contributed by atoms with Crippen LogP contribution in [0.1, 0.15) is 16.7 Å². The standard InChI is InChI=1S/C16H18O/c1-13-8-9-16(14(2)12-13)17-11-10-15-6-4-3-5-7-15/h3-9,12H,10-11H2,1-2H3. The van der Waals surface area contributed by atoms with Gasteiger partial charge in [-0.1, -0.05) is 48.0 Å². The van der Waals surface area contributed by atoms with Crippen molar-refractivity contribution in [2.75, 3.05) is 6.61 Å². The van der Waals surface area contributed by atoms with Crippen molar-refractivity contribution in [2.45, 2.75) is 20.3 Å². The molecule has 0 aliphatic carbocycles. The average molecular weight is 226 g/mol. The first kappa shape index (κ1) is 11.7. The number of ether oxygens (including phenoxy) is 1. The Morgan fingerprint density at radius 1 is 0.941 bits per heavy atom. The van der Waals surface area contributed by atoms with Crippen LogP contribution in [0.2, 0.25) is 0 Å². The van der Waals surface area contributed by atoms with Crippen molar-refractivity contribution in [1.82, 2.24) is 0 Å². The van der Waals surface area contributed by atoms with Crippen LogP contribution in [0.15, 0.2) is 48.5 Å². The Morgan fingerprint density at radius 3 is 2.41 bits per heavy atom. The summed E-state index contributed by atoms with van der Waals surface area (Å²) in [7, 11) is 0. The van der Waals surface area contributed by atoms with Gasteiger partial charge in [-0.05, 0) is 31.0 Å². The molecule has 0 amide bonds. The van der Waals surface area contributed by atoms with Crippen LogP contribution in [-0.4, -0.2) is 6.61 Å². The molecule has 1 heteroatoms. The molecule has 0 bridgehead atoms. The summed E-state index contributed by atoms with van der Waals surface area (Å²) < 4.78 is 5.80. The van der Waals surface area contributed by atoms with Gasteiger partial charge in [-0.3, -0.25) is 0 Å². The molecule has 0 aromatic heterocycles. The van der Waals surface area contributed by atoms with Crippen LogP contribution >= 0.6 is 0 Å². The van der Waals surface area contributed by atoms with Gasteiger partial charge in [-0.2, -0.15) is 0 Å². The highest BCUT2D eigenvalue weighted by Crippen LogP contribution is 2.18. The summed E-state index contributed by atoms with van der Waals surface area (Å²) in [6, 6.07) is 16.7. The third-order valence-electron chi connectivity index (χ3n) is 2.82. The second-order valence-corrected chi connectivity index (χ2v) is 4.35. The van der Waals surface area contributed by atoms with E-state index < -0.39 is 0 Å². The van der Waals surface area contributed by atoms with E-state index in [9.17, 15) is 0 Å². The molecular formula is C16H18O. The summed E-state index contributed by atoms with van der Waals surface area (Å²) in [6.07, 6.45) is 0.953. The molecule has 0 aliphatic heterocycles. The summed E-state index contributed by atoms with van der Waals surface area (Å²) in [4.78, 5) is 0. The molecule has 0 radical (unpaired) electrons. The lowest BCUT2D eigenvalue weighted by Crippen LogP contribution is -2.02. The number of aryl methyl sites for hydroxylation is 2. The molecule has 0 spiro atoms. The van der Waals surface area contributed by atoms with Gasteiger partial charge in [0.25, 0.3) is 0 Å². The molecule has 2 aromatic carbocycles. The average Bonchev–Trinajstić information content (AvgIpc) is 2.33. The summed E-state index contributed by atoms with van der Waals surface area (Å²) in [6.45, 7) is 4.92. The van der Waals surface area contributed by atoms with Crippen molar-refractivity contribution in [3.8, 4) is 5.75 Å². The Balaban J connectivity index is 1.90. The number of benzene rings is 2. The topological polar surface area (TPSA) is 9.23 Å². The molecule has 88 valence electrons. The van der Waals surface area contributed by atoms with E-state index in [1.165, 1.54) is 16.7 Å². The second-order valence-electron chi connectivity index (χ2n) is 4.35. The van der Waals surface area contributed by atoms with Crippen molar-refractivity contribution >= 4 is 0 Å². The minimum Gasteiger partial charge on any atom is -0.493 e. The zero-order valence-corrected chi connectivity index (χ0v) is 10.4. The minimum atomic E-state index is 0.730. The highest BCUT2D eigenvalue weighted by Gasteiger charge is 1.99. The molecular weight excluding hydrogens is 208 g/mol. The van der Waals surface area contributed by atoms with Gasteiger partial charge in [-0.25, -0.2) is 0 Å². The Hall–Kier alpha value is -1.76. The van der Waals surface area contributed by atoms with Gasteiger partial charge >= 0.3 is 0 Å². The van der Waals surface area contributed by atoms with E-state index in [0.717, 1.165) is 18.8 Å². The highest BCUT2D eigenvalue weighted by atomic mass is 16.5. The monoisotopic (exact) mass is 226 g/mol. The SMILES string of the molecule is Cc1ccc(OCCc2ccccc2)c(C)c1. The Morgan fingerprint density at radius 2 is 1.71 bits per heavy atom. The molecule has 0 saturated heterocycles. The van der Waals surface area contributed by atoms with Crippen LogP contribution in [0.25, 0.3) is 0 Å². The number of rotatable bonds is 4. The van der Waals surface area contributed by atoms with Gasteiger partial charge in [0.05, 0.1) is 6.61 Å². The maximum Gasteiger partial charge on any atom is 0.122 e. The molecule has 0 heterocycles. The second kappa shape index (κ2) is 5.53. The molecule has 0 unspecified atom stereocenters. The van der Waals surface area contributed by atoms with Crippen LogP contribution in [0, 0.1) is 13.8 Å². The fourth-order valence-corrected chi connectivity index (χ4v) is 1.88. The van der Waals surface area contributed by atoms with Crippen LogP contribution < -0.4 is 4.74 Å². The largest absolute Gasteiger partial charge is 0.493 e. The summed E-state index contributed by atoms with van der Waals surface area (Å²) in [5.41, 5.74) is 3.80. The normalized spacial score (nSPS) is 10.2. The summed E-state index contributed by atoms with van der Waals surface area (Å²) >= 11 is 0. The third kappa shape index (κ3) is 3.35. The summed E-state index contributed by atoms with van der Waals surface area (Å²) in [5.74, 6) is 0.992. The molecule has 2 aromatic rings. The van der Waals surface area contributed by atoms with E-state index in [4.69, 9.17) is 4.74 Å². The Bertz CT molecular complexity index is 474. The van der Waals surface area contributed by atoms with Crippen LogP contribution in [0.3, 0.4) is 0 Å². The fourth-order valence-electron chi connectivity index (χ4n) is 1.88. The maximum atomic E-state index is 5.80. The zero-order valence-electron chi connectivity index (χ0n) is 10.4. The fraction of sp³-hybridized carbons (Fsp3) is 0.250. The van der Waals surface area contributed by atoms with Gasteiger partial charge < -0.3 is 4.74 Å². The third-order valence-corrected chi connectivity index (χ3v) is 2.82. The van der Waals surface area contributed by atoms with Crippen LogP contribution in [-0.2, 0) is 6.42 Å². The van der Waals surface area contributed by atoms with Crippen molar-refractivity contribution in [3.05, 3.63) is 65.2 Å². The van der Waals surface area contributed by atoms with Gasteiger partial charge in [0.2, 0.25) is 0 Å². The van der Waals surface area contributed by atoms with Crippen LogP contribution in [0.5, 0.6) is 5.75 Å². The van der Waals surface area contributed by atoms with E-state index >= 15 is 0 Å². The maximum absolute atomic E-state index is 5.80. The first-order chi connectivity index (χ1) is 8.25. The van der Waals surface area contributed by atoms with E-state index in [2.05, 4.69) is 56.3 Å². The number of hydrogen-bond donors (Lipinski definition) is 0. The molecule has 0 fully saturated rings. The first-order valence-corrected chi connectivity index (χ1v) is 6.00. The summed E-state index contributed by atoms with van der Waals surface area (Å²) in [5, 5.41) is 0. The van der Waals surface area contributed by atoms with Crippen LogP contribution in [0.4, 0.5) is 0 Å². The predicted octanol–water partition coefficient (Wildman–Crippen LogP) is 3.92. The number of hydrogen-bond acceptors (Lipinski definition) is 1. The molecule has 2 rings (SSSR count).